The van der Waals surface area contributed by atoms with Crippen LogP contribution in [0.2, 0.25) is 0 Å². The van der Waals surface area contributed by atoms with Gasteiger partial charge >= 0.3 is 15.6 Å². The highest BCUT2D eigenvalue weighted by Gasteiger charge is 2.37. The molecule has 0 radical (unpaired) electrons. The predicted molar refractivity (Wildman–Crippen MR) is 115 cm³/mol. The van der Waals surface area contributed by atoms with Crippen LogP contribution in [-0.2, 0) is 36.1 Å². The van der Waals surface area contributed by atoms with Crippen molar-refractivity contribution in [2.24, 2.45) is 0 Å². The molecular formula is C18H21FN4O11P2. The zero-order chi connectivity index (χ0) is 26.1. The van der Waals surface area contributed by atoms with Gasteiger partial charge in [0.15, 0.2) is 11.2 Å². The molecule has 4 rings (SSSR count). The van der Waals surface area contributed by atoms with Crippen molar-refractivity contribution < 1.29 is 56.7 Å². The van der Waals surface area contributed by atoms with E-state index in [4.69, 9.17) is 29.0 Å². The maximum Gasteiger partial charge on any atom is 0.469 e. The van der Waals surface area contributed by atoms with Crippen LogP contribution in [0.5, 0.6) is 5.88 Å². The standard InChI is InChI=1S/C18H21FN4O11P2/c19-12-2-10(1-11(3-12)6-32-35(25,26)27)5-31-18-16-17(20-8-21-18)23(9-22-16)15-4-13(24)14(34-15)7-33-36(28,29)30/h1-3,8-9,13-15,24H,4-7H2,(H2,25,26,27)(H2,28,29,30)/t13-,14+,15+/m0/s1. The van der Waals surface area contributed by atoms with Gasteiger partial charge in [-0.25, -0.2) is 23.5 Å². The molecule has 1 aliphatic rings. The number of imidazole rings is 1. The first-order chi connectivity index (χ1) is 16.9. The van der Waals surface area contributed by atoms with E-state index in [1.807, 2.05) is 0 Å². The first-order valence-electron chi connectivity index (χ1n) is 10.2. The number of aliphatic hydroxyl groups is 1. The molecule has 1 saturated heterocycles. The summed E-state index contributed by atoms with van der Waals surface area (Å²) < 4.78 is 57.4. The summed E-state index contributed by atoms with van der Waals surface area (Å²) in [7, 11) is -9.46. The summed E-state index contributed by atoms with van der Waals surface area (Å²) in [6, 6.07) is 3.69. The van der Waals surface area contributed by atoms with Crippen molar-refractivity contribution in [3.8, 4) is 5.88 Å². The van der Waals surface area contributed by atoms with Crippen molar-refractivity contribution in [1.29, 1.82) is 0 Å². The SMILES string of the molecule is O=P(O)(O)OCc1cc(F)cc(COc2ncnc3c2ncn3[C@H]2C[C@H](O)[C@@H](COP(=O)(O)O)O2)c1. The van der Waals surface area contributed by atoms with Crippen molar-refractivity contribution >= 4 is 26.8 Å². The van der Waals surface area contributed by atoms with Crippen molar-refractivity contribution in [2.75, 3.05) is 6.61 Å². The van der Waals surface area contributed by atoms with E-state index in [-0.39, 0.29) is 35.6 Å². The Morgan fingerprint density at radius 2 is 1.72 bits per heavy atom. The number of benzene rings is 1. The summed E-state index contributed by atoms with van der Waals surface area (Å²) in [4.78, 5) is 47.8. The second-order valence-electron chi connectivity index (χ2n) is 7.74. The van der Waals surface area contributed by atoms with Crippen molar-refractivity contribution in [3.63, 3.8) is 0 Å². The summed E-state index contributed by atoms with van der Waals surface area (Å²) >= 11 is 0. The topological polar surface area (TPSA) is 216 Å². The van der Waals surface area contributed by atoms with Gasteiger partial charge in [0.05, 0.1) is 25.6 Å². The molecule has 3 heterocycles. The number of phosphoric acid groups is 2. The molecule has 0 unspecified atom stereocenters. The van der Waals surface area contributed by atoms with Crippen molar-refractivity contribution in [1.82, 2.24) is 19.5 Å². The highest BCUT2D eigenvalue weighted by molar-refractivity contribution is 7.46. The fraction of sp³-hybridized carbons (Fsp3) is 0.389. The lowest BCUT2D eigenvalue weighted by Gasteiger charge is -2.16. The van der Waals surface area contributed by atoms with E-state index in [1.165, 1.54) is 29.4 Å². The minimum absolute atomic E-state index is 0.0518. The van der Waals surface area contributed by atoms with Crippen molar-refractivity contribution in [2.45, 2.75) is 38.1 Å². The smallest absolute Gasteiger partial charge is 0.469 e. The van der Waals surface area contributed by atoms with Crippen molar-refractivity contribution in [3.05, 3.63) is 47.8 Å². The quantitative estimate of drug-likeness (QED) is 0.222. The number of hydrogen-bond acceptors (Lipinski definition) is 10. The first-order valence-corrected chi connectivity index (χ1v) is 13.3. The summed E-state index contributed by atoms with van der Waals surface area (Å²) in [6.45, 7) is -1.20. The van der Waals surface area contributed by atoms with E-state index in [9.17, 15) is 18.6 Å². The van der Waals surface area contributed by atoms with Gasteiger partial charge in [-0.3, -0.25) is 13.6 Å². The zero-order valence-corrected chi connectivity index (χ0v) is 20.0. The Balaban J connectivity index is 1.47. The van der Waals surface area contributed by atoms with Crippen LogP contribution in [0.25, 0.3) is 11.2 Å². The van der Waals surface area contributed by atoms with Gasteiger partial charge in [-0.2, -0.15) is 4.98 Å². The lowest BCUT2D eigenvalue weighted by Crippen LogP contribution is -2.25. The molecule has 0 bridgehead atoms. The Bertz CT molecular complexity index is 1330. The van der Waals surface area contributed by atoms with Gasteiger partial charge in [-0.1, -0.05) is 0 Å². The molecule has 18 heteroatoms. The molecule has 0 amide bonds. The number of phosphoric ester groups is 2. The number of ether oxygens (including phenoxy) is 2. The predicted octanol–water partition coefficient (Wildman–Crippen LogP) is 0.911. The van der Waals surface area contributed by atoms with Crippen LogP contribution in [-0.4, -0.2) is 63.0 Å². The Labute approximate surface area is 201 Å². The second-order valence-corrected chi connectivity index (χ2v) is 10.2. The molecule has 1 aromatic carbocycles. The number of rotatable bonds is 10. The van der Waals surface area contributed by atoms with E-state index in [1.54, 1.807) is 0 Å². The number of halogens is 1. The van der Waals surface area contributed by atoms with Crippen LogP contribution in [0.3, 0.4) is 0 Å². The molecule has 3 atom stereocenters. The van der Waals surface area contributed by atoms with Gasteiger partial charge in [0.2, 0.25) is 5.88 Å². The van der Waals surface area contributed by atoms with E-state index >= 15 is 0 Å². The largest absolute Gasteiger partial charge is 0.471 e. The molecule has 3 aromatic rings. The number of nitrogens with zero attached hydrogens (tertiary/aromatic N) is 4. The maximum atomic E-state index is 14.0. The fourth-order valence-electron chi connectivity index (χ4n) is 3.55. The zero-order valence-electron chi connectivity index (χ0n) is 18.2. The number of fused-ring (bicyclic) bond motifs is 1. The van der Waals surface area contributed by atoms with Crippen LogP contribution in [0.15, 0.2) is 30.9 Å². The summed E-state index contributed by atoms with van der Waals surface area (Å²) in [5, 5.41) is 10.2. The van der Waals surface area contributed by atoms with E-state index < -0.39 is 53.1 Å². The Morgan fingerprint density at radius 3 is 2.42 bits per heavy atom. The van der Waals surface area contributed by atoms with Crippen LogP contribution in [0.1, 0.15) is 23.8 Å². The summed E-state index contributed by atoms with van der Waals surface area (Å²) in [5.74, 6) is -0.609. The Kier molecular flexibility index (Phi) is 7.83. The van der Waals surface area contributed by atoms with Gasteiger partial charge in [0.1, 0.15) is 31.1 Å². The molecule has 15 nitrogen and oxygen atoms in total. The molecule has 0 aliphatic carbocycles. The average Bonchev–Trinajstić information content (AvgIpc) is 3.37. The van der Waals surface area contributed by atoms with E-state index in [2.05, 4.69) is 24.0 Å². The molecule has 2 aromatic heterocycles. The van der Waals surface area contributed by atoms with E-state index in [0.717, 1.165) is 6.07 Å². The van der Waals surface area contributed by atoms with Crippen LogP contribution in [0.4, 0.5) is 4.39 Å². The minimum Gasteiger partial charge on any atom is -0.471 e. The average molecular weight is 550 g/mol. The highest BCUT2D eigenvalue weighted by atomic mass is 31.2. The second kappa shape index (κ2) is 10.6. The lowest BCUT2D eigenvalue weighted by molar-refractivity contribution is -0.0424. The summed E-state index contributed by atoms with van der Waals surface area (Å²) in [5.41, 5.74) is 1.03. The van der Waals surface area contributed by atoms with Crippen LogP contribution < -0.4 is 4.74 Å². The van der Waals surface area contributed by atoms with Crippen LogP contribution >= 0.6 is 15.6 Å². The monoisotopic (exact) mass is 550 g/mol. The first kappa shape index (κ1) is 26.7. The number of aromatic nitrogens is 4. The molecule has 1 fully saturated rings. The minimum atomic E-state index is -4.73. The Morgan fingerprint density at radius 1 is 1.03 bits per heavy atom. The molecule has 1 aliphatic heterocycles. The van der Waals surface area contributed by atoms with Gasteiger partial charge in [0.25, 0.3) is 0 Å². The third-order valence-corrected chi connectivity index (χ3v) is 5.99. The Hall–Kier alpha value is -2.36. The molecule has 5 N–H and O–H groups in total. The third-order valence-electron chi connectivity index (χ3n) is 5.04. The number of aliphatic hydroxyl groups excluding tert-OH is 1. The molecule has 0 spiro atoms. The lowest BCUT2D eigenvalue weighted by atomic mass is 10.1. The maximum absolute atomic E-state index is 14.0. The van der Waals surface area contributed by atoms with E-state index in [0.29, 0.717) is 5.56 Å². The van der Waals surface area contributed by atoms with Crippen LogP contribution in [0, 0.1) is 5.82 Å². The van der Waals surface area contributed by atoms with Gasteiger partial charge in [0, 0.05) is 6.42 Å². The molecule has 0 saturated carbocycles. The summed E-state index contributed by atoms with van der Waals surface area (Å²) in [6.07, 6.45) is -0.180. The molecule has 196 valence electrons. The van der Waals surface area contributed by atoms with Gasteiger partial charge in [-0.05, 0) is 29.3 Å². The molecule has 36 heavy (non-hydrogen) atoms. The third kappa shape index (κ3) is 6.89. The normalized spacial score (nSPS) is 20.8. The molecular weight excluding hydrogens is 529 g/mol. The fourth-order valence-corrected chi connectivity index (χ4v) is 4.21. The highest BCUT2D eigenvalue weighted by Crippen LogP contribution is 2.39. The van der Waals surface area contributed by atoms with Gasteiger partial charge < -0.3 is 34.2 Å². The number of hydrogen-bond donors (Lipinski definition) is 5. The van der Waals surface area contributed by atoms with Gasteiger partial charge in [-0.15, -0.1) is 0 Å².